The number of benzene rings is 1. The van der Waals surface area contributed by atoms with E-state index in [0.717, 1.165) is 0 Å². The molecule has 2 amide bonds. The topological polar surface area (TPSA) is 81.0 Å². The molecule has 2 aromatic rings. The van der Waals surface area contributed by atoms with E-state index < -0.39 is 5.92 Å². The van der Waals surface area contributed by atoms with Crippen molar-refractivity contribution in [2.45, 2.75) is 19.4 Å². The van der Waals surface area contributed by atoms with Crippen molar-refractivity contribution in [3.05, 3.63) is 42.4 Å². The summed E-state index contributed by atoms with van der Waals surface area (Å²) in [5.74, 6) is 1.34. The molecular formula is C18H18N2O5. The van der Waals surface area contributed by atoms with Gasteiger partial charge in [0.25, 0.3) is 0 Å². The summed E-state index contributed by atoms with van der Waals surface area (Å²) >= 11 is 0. The molecule has 0 saturated carbocycles. The van der Waals surface area contributed by atoms with Crippen molar-refractivity contribution in [1.82, 2.24) is 5.32 Å². The Morgan fingerprint density at radius 3 is 2.92 bits per heavy atom. The van der Waals surface area contributed by atoms with Gasteiger partial charge in [0, 0.05) is 24.7 Å². The lowest BCUT2D eigenvalue weighted by Crippen LogP contribution is -2.34. The van der Waals surface area contributed by atoms with Crippen LogP contribution >= 0.6 is 0 Å². The van der Waals surface area contributed by atoms with Gasteiger partial charge in [-0.25, -0.2) is 0 Å². The van der Waals surface area contributed by atoms with Crippen LogP contribution in [0, 0.1) is 5.92 Å². The molecule has 1 aromatic heterocycles. The van der Waals surface area contributed by atoms with Crippen molar-refractivity contribution in [1.29, 1.82) is 0 Å². The smallest absolute Gasteiger partial charge is 0.231 e. The molecule has 1 N–H and O–H groups in total. The van der Waals surface area contributed by atoms with Gasteiger partial charge >= 0.3 is 0 Å². The number of fused-ring (bicyclic) bond motifs is 1. The van der Waals surface area contributed by atoms with Gasteiger partial charge in [0.05, 0.1) is 18.2 Å². The van der Waals surface area contributed by atoms with Gasteiger partial charge in [-0.05, 0) is 31.2 Å². The van der Waals surface area contributed by atoms with Crippen LogP contribution in [0.25, 0.3) is 0 Å². The first-order valence-corrected chi connectivity index (χ1v) is 8.15. The minimum atomic E-state index is -0.393. The first-order chi connectivity index (χ1) is 12.1. The Morgan fingerprint density at radius 2 is 2.12 bits per heavy atom. The van der Waals surface area contributed by atoms with Crippen LogP contribution in [-0.4, -0.2) is 25.2 Å². The highest BCUT2D eigenvalue weighted by atomic mass is 16.7. The summed E-state index contributed by atoms with van der Waals surface area (Å²) in [5, 5.41) is 2.90. The molecule has 7 nitrogen and oxygen atoms in total. The number of nitrogens with one attached hydrogen (secondary N) is 1. The SMILES string of the molecule is CC(NC(=O)C1CC(=O)N(c2ccc3c(c2)OCO3)C1)c1ccco1. The minimum Gasteiger partial charge on any atom is -0.467 e. The summed E-state index contributed by atoms with van der Waals surface area (Å²) in [6.45, 7) is 2.38. The van der Waals surface area contributed by atoms with Crippen LogP contribution in [0.1, 0.15) is 25.1 Å². The van der Waals surface area contributed by atoms with Crippen molar-refractivity contribution in [2.75, 3.05) is 18.2 Å². The first kappa shape index (κ1) is 15.6. The Bertz CT molecular complexity index is 802. The Morgan fingerprint density at radius 1 is 1.28 bits per heavy atom. The molecule has 2 aliphatic rings. The zero-order valence-electron chi connectivity index (χ0n) is 13.7. The molecule has 3 heterocycles. The highest BCUT2D eigenvalue weighted by Gasteiger charge is 2.36. The van der Waals surface area contributed by atoms with E-state index in [0.29, 0.717) is 29.5 Å². The third-order valence-electron chi connectivity index (χ3n) is 4.49. The molecule has 0 aliphatic carbocycles. The fourth-order valence-electron chi connectivity index (χ4n) is 3.13. The summed E-state index contributed by atoms with van der Waals surface area (Å²) in [4.78, 5) is 26.5. The predicted molar refractivity (Wildman–Crippen MR) is 88.3 cm³/mol. The van der Waals surface area contributed by atoms with Crippen LogP contribution in [0.2, 0.25) is 0 Å². The van der Waals surface area contributed by atoms with Crippen molar-refractivity contribution < 1.29 is 23.5 Å². The maximum atomic E-state index is 12.5. The monoisotopic (exact) mass is 342 g/mol. The van der Waals surface area contributed by atoms with Crippen LogP contribution in [0.15, 0.2) is 41.0 Å². The molecule has 0 spiro atoms. The molecular weight excluding hydrogens is 324 g/mol. The van der Waals surface area contributed by atoms with Crippen LogP contribution in [0.4, 0.5) is 5.69 Å². The molecule has 4 rings (SSSR count). The van der Waals surface area contributed by atoms with Crippen LogP contribution in [0.3, 0.4) is 0 Å². The Labute approximate surface area is 144 Å². The maximum Gasteiger partial charge on any atom is 0.231 e. The van der Waals surface area contributed by atoms with Gasteiger partial charge in [-0.2, -0.15) is 0 Å². The minimum absolute atomic E-state index is 0.0790. The molecule has 0 bridgehead atoms. The fraction of sp³-hybridized carbons (Fsp3) is 0.333. The third kappa shape index (κ3) is 2.93. The maximum absolute atomic E-state index is 12.5. The molecule has 1 fully saturated rings. The van der Waals surface area contributed by atoms with Crippen LogP contribution in [-0.2, 0) is 9.59 Å². The Kier molecular flexibility index (Phi) is 3.83. The quantitative estimate of drug-likeness (QED) is 0.922. The highest BCUT2D eigenvalue weighted by Crippen LogP contribution is 2.37. The number of carbonyl (C=O) groups excluding carboxylic acids is 2. The van der Waals surface area contributed by atoms with E-state index >= 15 is 0 Å². The van der Waals surface area contributed by atoms with E-state index in [1.165, 1.54) is 0 Å². The number of hydrogen-bond acceptors (Lipinski definition) is 5. The van der Waals surface area contributed by atoms with Gasteiger partial charge in [0.2, 0.25) is 18.6 Å². The standard InChI is InChI=1S/C18H18N2O5/c1-11(14-3-2-6-23-14)19-18(22)12-7-17(21)20(9-12)13-4-5-15-16(8-13)25-10-24-15/h2-6,8,11-12H,7,9-10H2,1H3,(H,19,22). The lowest BCUT2D eigenvalue weighted by Gasteiger charge is -2.18. The van der Waals surface area contributed by atoms with Gasteiger partial charge in [-0.15, -0.1) is 0 Å². The molecule has 2 aliphatic heterocycles. The molecule has 2 unspecified atom stereocenters. The number of amides is 2. The van der Waals surface area contributed by atoms with Crippen LogP contribution in [0.5, 0.6) is 11.5 Å². The average Bonchev–Trinajstić information content (AvgIpc) is 3.34. The number of ether oxygens (including phenoxy) is 2. The van der Waals surface area contributed by atoms with E-state index in [2.05, 4.69) is 5.32 Å². The normalized spacial score (nSPS) is 20.0. The van der Waals surface area contributed by atoms with E-state index in [1.807, 2.05) is 13.0 Å². The second kappa shape index (κ2) is 6.16. The Hall–Kier alpha value is -2.96. The van der Waals surface area contributed by atoms with Crippen LogP contribution < -0.4 is 19.7 Å². The number of carbonyl (C=O) groups is 2. The van der Waals surface area contributed by atoms with E-state index in [4.69, 9.17) is 13.9 Å². The Balaban J connectivity index is 1.44. The summed E-state index contributed by atoms with van der Waals surface area (Å²) < 4.78 is 15.9. The van der Waals surface area contributed by atoms with Crippen molar-refractivity contribution in [2.24, 2.45) is 5.92 Å². The molecule has 7 heteroatoms. The summed E-state index contributed by atoms with van der Waals surface area (Å²) in [6, 6.07) is 8.69. The zero-order chi connectivity index (χ0) is 17.4. The van der Waals surface area contributed by atoms with Gasteiger partial charge in [0.1, 0.15) is 5.76 Å². The fourth-order valence-corrected chi connectivity index (χ4v) is 3.13. The van der Waals surface area contributed by atoms with Gasteiger partial charge in [-0.3, -0.25) is 9.59 Å². The molecule has 1 aromatic carbocycles. The average molecular weight is 342 g/mol. The van der Waals surface area contributed by atoms with Gasteiger partial charge in [0.15, 0.2) is 11.5 Å². The second-order valence-corrected chi connectivity index (χ2v) is 6.19. The molecule has 1 saturated heterocycles. The van der Waals surface area contributed by atoms with Gasteiger partial charge in [-0.1, -0.05) is 0 Å². The summed E-state index contributed by atoms with van der Waals surface area (Å²) in [7, 11) is 0. The second-order valence-electron chi connectivity index (χ2n) is 6.19. The van der Waals surface area contributed by atoms with Crippen molar-refractivity contribution in [3.8, 4) is 11.5 Å². The van der Waals surface area contributed by atoms with Crippen molar-refractivity contribution in [3.63, 3.8) is 0 Å². The largest absolute Gasteiger partial charge is 0.467 e. The molecule has 25 heavy (non-hydrogen) atoms. The third-order valence-corrected chi connectivity index (χ3v) is 4.49. The number of anilines is 1. The molecule has 0 radical (unpaired) electrons. The van der Waals surface area contributed by atoms with E-state index in [-0.39, 0.29) is 31.1 Å². The zero-order valence-corrected chi connectivity index (χ0v) is 13.7. The summed E-state index contributed by atoms with van der Waals surface area (Å²) in [6.07, 6.45) is 1.75. The van der Waals surface area contributed by atoms with Crippen molar-refractivity contribution >= 4 is 17.5 Å². The van der Waals surface area contributed by atoms with Gasteiger partial charge < -0.3 is 24.1 Å². The molecule has 130 valence electrons. The highest BCUT2D eigenvalue weighted by molar-refractivity contribution is 6.00. The summed E-state index contributed by atoms with van der Waals surface area (Å²) in [5.41, 5.74) is 0.712. The number of nitrogens with zero attached hydrogens (tertiary/aromatic N) is 1. The van der Waals surface area contributed by atoms with E-state index in [1.54, 1.807) is 35.4 Å². The molecule has 2 atom stereocenters. The predicted octanol–water partition coefficient (Wildman–Crippen LogP) is 2.24. The lowest BCUT2D eigenvalue weighted by molar-refractivity contribution is -0.127. The lowest BCUT2D eigenvalue weighted by atomic mass is 10.1. The number of rotatable bonds is 4. The number of hydrogen-bond donors (Lipinski definition) is 1. The first-order valence-electron chi connectivity index (χ1n) is 8.15. The number of furan rings is 1. The van der Waals surface area contributed by atoms with E-state index in [9.17, 15) is 9.59 Å².